The number of sulfonamides is 1. The highest BCUT2D eigenvalue weighted by atomic mass is 35.5. The molecule has 9 heteroatoms. The molecule has 142 valence electrons. The number of benzene rings is 1. The maximum Gasteiger partial charge on any atom is 0.253 e. The van der Waals surface area contributed by atoms with E-state index in [1.165, 1.54) is 23.5 Å². The van der Waals surface area contributed by atoms with Crippen molar-refractivity contribution in [1.82, 2.24) is 10.0 Å². The molecule has 0 saturated heterocycles. The van der Waals surface area contributed by atoms with Crippen LogP contribution in [0.3, 0.4) is 0 Å². The first-order chi connectivity index (χ1) is 12.1. The molecule has 1 aromatic carbocycles. The molecule has 0 saturated carbocycles. The first-order valence-electron chi connectivity index (χ1n) is 7.91. The van der Waals surface area contributed by atoms with E-state index in [0.29, 0.717) is 6.54 Å². The topological polar surface area (TPSA) is 75.3 Å². The van der Waals surface area contributed by atoms with Crippen LogP contribution in [0.15, 0.2) is 28.5 Å². The van der Waals surface area contributed by atoms with Crippen LogP contribution in [0.2, 0.25) is 10.0 Å². The number of rotatable bonds is 7. The Balaban J connectivity index is 2.26. The molecule has 0 bridgehead atoms. The summed E-state index contributed by atoms with van der Waals surface area (Å²) in [5.74, 6) is -0.326. The number of carbonyl (C=O) groups excluding carboxylic acids is 1. The molecule has 1 aromatic heterocycles. The Morgan fingerprint density at radius 3 is 2.50 bits per heavy atom. The van der Waals surface area contributed by atoms with E-state index in [9.17, 15) is 13.2 Å². The second kappa shape index (κ2) is 8.71. The molecule has 0 atom stereocenters. The second-order valence-corrected chi connectivity index (χ2v) is 9.77. The van der Waals surface area contributed by atoms with Crippen molar-refractivity contribution in [3.63, 3.8) is 0 Å². The van der Waals surface area contributed by atoms with E-state index in [0.717, 1.165) is 10.4 Å². The summed E-state index contributed by atoms with van der Waals surface area (Å²) in [4.78, 5) is 13.3. The quantitative estimate of drug-likeness (QED) is 0.684. The number of hydrogen-bond acceptors (Lipinski definition) is 4. The Morgan fingerprint density at radius 2 is 1.92 bits per heavy atom. The van der Waals surface area contributed by atoms with Gasteiger partial charge in [-0.3, -0.25) is 4.79 Å². The summed E-state index contributed by atoms with van der Waals surface area (Å²) in [5.41, 5.74) is 1.15. The third-order valence-electron chi connectivity index (χ3n) is 3.61. The monoisotopic (exact) mass is 434 g/mol. The average Bonchev–Trinajstić information content (AvgIpc) is 2.95. The molecule has 5 nitrogen and oxygen atoms in total. The predicted molar refractivity (Wildman–Crippen MR) is 107 cm³/mol. The summed E-state index contributed by atoms with van der Waals surface area (Å²) >= 11 is 13.7. The molecule has 2 rings (SSSR count). The van der Waals surface area contributed by atoms with Crippen LogP contribution < -0.4 is 10.0 Å². The molecule has 0 aliphatic carbocycles. The van der Waals surface area contributed by atoms with E-state index in [1.807, 2.05) is 32.2 Å². The lowest BCUT2D eigenvalue weighted by Gasteiger charge is -2.13. The number of nitrogens with one attached hydrogen (secondary N) is 2. The Bertz CT molecular complexity index is 909. The summed E-state index contributed by atoms with van der Waals surface area (Å²) in [6.07, 6.45) is 0. The summed E-state index contributed by atoms with van der Waals surface area (Å²) in [6.45, 7) is 6.34. The van der Waals surface area contributed by atoms with E-state index in [1.54, 1.807) is 0 Å². The maximum absolute atomic E-state index is 12.5. The highest BCUT2D eigenvalue weighted by Crippen LogP contribution is 2.29. The van der Waals surface area contributed by atoms with Crippen LogP contribution in [0.4, 0.5) is 0 Å². The number of thiophene rings is 1. The summed E-state index contributed by atoms with van der Waals surface area (Å²) in [6, 6.07) is 4.45. The molecule has 2 aromatic rings. The molecule has 0 aliphatic rings. The summed E-state index contributed by atoms with van der Waals surface area (Å²) < 4.78 is 27.4. The highest BCUT2D eigenvalue weighted by molar-refractivity contribution is 7.89. The first kappa shape index (κ1) is 21.2. The van der Waals surface area contributed by atoms with Crippen molar-refractivity contribution in [1.29, 1.82) is 0 Å². The Morgan fingerprint density at radius 1 is 1.23 bits per heavy atom. The number of halogens is 2. The molecule has 0 unspecified atom stereocenters. The minimum atomic E-state index is -3.84. The zero-order valence-corrected chi connectivity index (χ0v) is 17.7. The summed E-state index contributed by atoms with van der Waals surface area (Å²) in [5, 5.41) is 4.77. The number of hydrogen-bond donors (Lipinski definition) is 2. The van der Waals surface area contributed by atoms with Crippen molar-refractivity contribution in [2.45, 2.75) is 32.2 Å². The molecule has 1 heterocycles. The van der Waals surface area contributed by atoms with Crippen LogP contribution in [0, 0.1) is 12.8 Å². The fourth-order valence-electron chi connectivity index (χ4n) is 2.10. The van der Waals surface area contributed by atoms with Crippen molar-refractivity contribution < 1.29 is 13.2 Å². The Kier molecular flexibility index (Phi) is 7.10. The van der Waals surface area contributed by atoms with Crippen LogP contribution in [0.25, 0.3) is 0 Å². The molecule has 0 aliphatic heterocycles. The molecule has 2 N–H and O–H groups in total. The van der Waals surface area contributed by atoms with E-state index < -0.39 is 15.9 Å². The van der Waals surface area contributed by atoms with Crippen LogP contribution >= 0.6 is 34.5 Å². The smallest absolute Gasteiger partial charge is 0.253 e. The van der Waals surface area contributed by atoms with Crippen LogP contribution in [-0.4, -0.2) is 20.9 Å². The van der Waals surface area contributed by atoms with Gasteiger partial charge in [0.2, 0.25) is 10.0 Å². The van der Waals surface area contributed by atoms with E-state index in [-0.39, 0.29) is 33.0 Å². The van der Waals surface area contributed by atoms with Gasteiger partial charge in [0.15, 0.2) is 0 Å². The molecule has 26 heavy (non-hydrogen) atoms. The van der Waals surface area contributed by atoms with Gasteiger partial charge in [-0.2, -0.15) is 0 Å². The third-order valence-corrected chi connectivity index (χ3v) is 6.84. The molecular weight excluding hydrogens is 415 g/mol. The minimum Gasteiger partial charge on any atom is -0.347 e. The lowest BCUT2D eigenvalue weighted by atomic mass is 10.2. The molecule has 0 fully saturated rings. The van der Waals surface area contributed by atoms with Crippen molar-refractivity contribution in [3.8, 4) is 0 Å². The molecular formula is C17H20Cl2N2O3S2. The fourth-order valence-corrected chi connectivity index (χ4v) is 5.02. The van der Waals surface area contributed by atoms with Gasteiger partial charge in [-0.05, 0) is 42.0 Å². The minimum absolute atomic E-state index is 0.0306. The zero-order chi connectivity index (χ0) is 19.5. The first-order valence-corrected chi connectivity index (χ1v) is 11.0. The van der Waals surface area contributed by atoms with Gasteiger partial charge < -0.3 is 5.32 Å². The SMILES string of the molecule is Cc1ccsc1CNC(=O)c1cc(S(=O)(=O)NCC(C)C)c(Cl)cc1Cl. The molecule has 1 amide bonds. The van der Waals surface area contributed by atoms with Gasteiger partial charge in [0, 0.05) is 11.4 Å². The summed E-state index contributed by atoms with van der Waals surface area (Å²) in [7, 11) is -3.84. The van der Waals surface area contributed by atoms with Crippen LogP contribution in [0.1, 0.15) is 34.6 Å². The van der Waals surface area contributed by atoms with Gasteiger partial charge in [0.05, 0.1) is 22.2 Å². The van der Waals surface area contributed by atoms with Gasteiger partial charge >= 0.3 is 0 Å². The lowest BCUT2D eigenvalue weighted by molar-refractivity contribution is 0.0951. The van der Waals surface area contributed by atoms with Crippen molar-refractivity contribution in [3.05, 3.63) is 49.6 Å². The Hall–Kier alpha value is -1.12. The average molecular weight is 435 g/mol. The maximum atomic E-state index is 12.5. The third kappa shape index (κ3) is 5.20. The number of amides is 1. The van der Waals surface area contributed by atoms with Gasteiger partial charge in [0.1, 0.15) is 4.90 Å². The zero-order valence-electron chi connectivity index (χ0n) is 14.6. The van der Waals surface area contributed by atoms with Crippen molar-refractivity contribution in [2.75, 3.05) is 6.54 Å². The van der Waals surface area contributed by atoms with Gasteiger partial charge in [-0.25, -0.2) is 13.1 Å². The van der Waals surface area contributed by atoms with Gasteiger partial charge in [-0.1, -0.05) is 37.0 Å². The van der Waals surface area contributed by atoms with Crippen LogP contribution in [0.5, 0.6) is 0 Å². The van der Waals surface area contributed by atoms with E-state index >= 15 is 0 Å². The van der Waals surface area contributed by atoms with Crippen molar-refractivity contribution >= 4 is 50.5 Å². The Labute approximate surface area is 167 Å². The van der Waals surface area contributed by atoms with Gasteiger partial charge in [-0.15, -0.1) is 11.3 Å². The van der Waals surface area contributed by atoms with Crippen molar-refractivity contribution in [2.24, 2.45) is 5.92 Å². The van der Waals surface area contributed by atoms with Crippen LogP contribution in [-0.2, 0) is 16.6 Å². The van der Waals surface area contributed by atoms with E-state index in [2.05, 4.69) is 10.0 Å². The number of aryl methyl sites for hydroxylation is 1. The largest absolute Gasteiger partial charge is 0.347 e. The van der Waals surface area contributed by atoms with Gasteiger partial charge in [0.25, 0.3) is 5.91 Å². The number of carbonyl (C=O) groups is 1. The molecule has 0 spiro atoms. The second-order valence-electron chi connectivity index (χ2n) is 6.22. The normalized spacial score (nSPS) is 11.8. The highest BCUT2D eigenvalue weighted by Gasteiger charge is 2.22. The fraction of sp³-hybridized carbons (Fsp3) is 0.353. The van der Waals surface area contributed by atoms with E-state index in [4.69, 9.17) is 23.2 Å². The predicted octanol–water partition coefficient (Wildman–Crippen LogP) is 4.23. The lowest BCUT2D eigenvalue weighted by Crippen LogP contribution is -2.28. The standard InChI is InChI=1S/C17H20Cl2N2O3S2/c1-10(2)8-21-26(23,24)16-6-12(13(18)7-14(16)19)17(22)20-9-15-11(3)4-5-25-15/h4-7,10,21H,8-9H2,1-3H3,(H,20,22). The molecule has 0 radical (unpaired) electrons.